The maximum absolute atomic E-state index is 6.02. The highest BCUT2D eigenvalue weighted by Crippen LogP contribution is 2.22. The molecule has 16 heavy (non-hydrogen) atoms. The smallest absolute Gasteiger partial charge is 0.0551 e. The second-order valence-corrected chi connectivity index (χ2v) is 5.45. The predicted molar refractivity (Wildman–Crippen MR) is 74.0 cm³/mol. The molecule has 0 heterocycles. The molecular weight excluding hydrogens is 288 g/mol. The summed E-state index contributed by atoms with van der Waals surface area (Å²) >= 11 is 9.40. The zero-order valence-corrected chi connectivity index (χ0v) is 12.3. The second kappa shape index (κ2) is 6.60. The molecule has 0 bridgehead atoms. The Morgan fingerprint density at radius 2 is 2.12 bits per heavy atom. The number of rotatable bonds is 5. The Balaban J connectivity index is 2.40. The lowest BCUT2D eigenvalue weighted by atomic mass is 10.2. The first-order chi connectivity index (χ1) is 7.50. The molecular formula is C12H18BrClN2. The molecule has 0 aliphatic rings. The number of nitrogens with one attached hydrogen (secondary N) is 1. The topological polar surface area (TPSA) is 15.3 Å². The highest BCUT2D eigenvalue weighted by atomic mass is 79.9. The van der Waals surface area contributed by atoms with Crippen molar-refractivity contribution < 1.29 is 0 Å². The summed E-state index contributed by atoms with van der Waals surface area (Å²) in [6.07, 6.45) is 0. The first-order valence-corrected chi connectivity index (χ1v) is 6.49. The van der Waals surface area contributed by atoms with Crippen LogP contribution in [0.25, 0.3) is 0 Å². The van der Waals surface area contributed by atoms with Crippen molar-refractivity contribution in [3.05, 3.63) is 33.3 Å². The van der Waals surface area contributed by atoms with E-state index in [9.17, 15) is 0 Å². The van der Waals surface area contributed by atoms with Crippen LogP contribution in [0.1, 0.15) is 12.5 Å². The summed E-state index contributed by atoms with van der Waals surface area (Å²) in [6, 6.07) is 6.57. The van der Waals surface area contributed by atoms with E-state index in [0.29, 0.717) is 6.04 Å². The first kappa shape index (κ1) is 14.0. The molecule has 1 N–H and O–H groups in total. The van der Waals surface area contributed by atoms with Crippen molar-refractivity contribution in [2.45, 2.75) is 19.5 Å². The summed E-state index contributed by atoms with van der Waals surface area (Å²) in [4.78, 5) is 2.20. The summed E-state index contributed by atoms with van der Waals surface area (Å²) < 4.78 is 0.944. The quantitative estimate of drug-likeness (QED) is 0.899. The molecule has 1 atom stereocenters. The third-order valence-corrected chi connectivity index (χ3v) is 3.87. The number of halogens is 2. The maximum Gasteiger partial charge on any atom is 0.0551 e. The van der Waals surface area contributed by atoms with Gasteiger partial charge in [-0.15, -0.1) is 0 Å². The number of hydrogen-bond acceptors (Lipinski definition) is 2. The van der Waals surface area contributed by atoms with Crippen molar-refractivity contribution >= 4 is 27.5 Å². The van der Waals surface area contributed by atoms with Crippen molar-refractivity contribution in [2.24, 2.45) is 0 Å². The molecule has 1 unspecified atom stereocenters. The molecule has 1 aromatic carbocycles. The lowest BCUT2D eigenvalue weighted by molar-refractivity contribution is 0.302. The molecule has 0 aromatic heterocycles. The largest absolute Gasteiger partial charge is 0.311 e. The summed E-state index contributed by atoms with van der Waals surface area (Å²) in [5.74, 6) is 0. The molecule has 0 saturated carbocycles. The highest BCUT2D eigenvalue weighted by Gasteiger charge is 2.04. The Labute approximate surface area is 111 Å². The molecule has 0 fully saturated rings. The Bertz CT molecular complexity index is 342. The van der Waals surface area contributed by atoms with E-state index < -0.39 is 0 Å². The molecule has 2 nitrogen and oxygen atoms in total. The molecule has 1 aromatic rings. The average Bonchev–Trinajstić information content (AvgIpc) is 2.23. The molecule has 0 radical (unpaired) electrons. The Hall–Kier alpha value is -0.0900. The summed E-state index contributed by atoms with van der Waals surface area (Å²) in [5.41, 5.74) is 1.21. The SMILES string of the molecule is CC(CNCc1ccc(Br)c(Cl)c1)N(C)C. The van der Waals surface area contributed by atoms with Crippen molar-refractivity contribution in [2.75, 3.05) is 20.6 Å². The van der Waals surface area contributed by atoms with Crippen LogP contribution >= 0.6 is 27.5 Å². The predicted octanol–water partition coefficient (Wildman–Crippen LogP) is 3.14. The van der Waals surface area contributed by atoms with Gasteiger partial charge in [-0.3, -0.25) is 0 Å². The van der Waals surface area contributed by atoms with E-state index in [4.69, 9.17) is 11.6 Å². The van der Waals surface area contributed by atoms with E-state index in [1.165, 1.54) is 5.56 Å². The zero-order valence-electron chi connectivity index (χ0n) is 9.93. The van der Waals surface area contributed by atoms with E-state index >= 15 is 0 Å². The Kier molecular flexibility index (Phi) is 5.76. The maximum atomic E-state index is 6.02. The van der Waals surface area contributed by atoms with Gasteiger partial charge >= 0.3 is 0 Å². The second-order valence-electron chi connectivity index (χ2n) is 4.19. The van der Waals surface area contributed by atoms with Gasteiger partial charge in [-0.25, -0.2) is 0 Å². The molecule has 1 rings (SSSR count). The van der Waals surface area contributed by atoms with Crippen LogP contribution in [0.4, 0.5) is 0 Å². The molecule has 0 aliphatic carbocycles. The van der Waals surface area contributed by atoms with Gasteiger partial charge in [0.05, 0.1) is 5.02 Å². The molecule has 0 aliphatic heterocycles. The van der Waals surface area contributed by atoms with E-state index in [0.717, 1.165) is 22.6 Å². The lowest BCUT2D eigenvalue weighted by Crippen LogP contribution is -2.35. The number of hydrogen-bond donors (Lipinski definition) is 1. The van der Waals surface area contributed by atoms with Gasteiger partial charge in [0.15, 0.2) is 0 Å². The van der Waals surface area contributed by atoms with Gasteiger partial charge in [-0.2, -0.15) is 0 Å². The van der Waals surface area contributed by atoms with E-state index in [1.54, 1.807) is 0 Å². The highest BCUT2D eigenvalue weighted by molar-refractivity contribution is 9.10. The van der Waals surface area contributed by atoms with Gasteiger partial charge in [-0.05, 0) is 54.6 Å². The van der Waals surface area contributed by atoms with Gasteiger partial charge in [0.2, 0.25) is 0 Å². The van der Waals surface area contributed by atoms with Crippen molar-refractivity contribution in [3.63, 3.8) is 0 Å². The zero-order chi connectivity index (χ0) is 12.1. The summed E-state index contributed by atoms with van der Waals surface area (Å²) in [7, 11) is 4.17. The molecule has 4 heteroatoms. The average molecular weight is 306 g/mol. The van der Waals surface area contributed by atoms with E-state index in [1.807, 2.05) is 12.1 Å². The van der Waals surface area contributed by atoms with Crippen LogP contribution in [0.15, 0.2) is 22.7 Å². The van der Waals surface area contributed by atoms with Crippen LogP contribution in [0.2, 0.25) is 5.02 Å². The number of likely N-dealkylation sites (N-methyl/N-ethyl adjacent to an activating group) is 1. The molecule has 90 valence electrons. The first-order valence-electron chi connectivity index (χ1n) is 5.31. The van der Waals surface area contributed by atoms with Crippen LogP contribution in [0, 0.1) is 0 Å². The fourth-order valence-corrected chi connectivity index (χ4v) is 1.71. The van der Waals surface area contributed by atoms with E-state index in [-0.39, 0.29) is 0 Å². The van der Waals surface area contributed by atoms with Crippen molar-refractivity contribution in [1.82, 2.24) is 10.2 Å². The minimum absolute atomic E-state index is 0.533. The lowest BCUT2D eigenvalue weighted by Gasteiger charge is -2.20. The molecule has 0 spiro atoms. The minimum Gasteiger partial charge on any atom is -0.311 e. The van der Waals surface area contributed by atoms with E-state index in [2.05, 4.69) is 53.2 Å². The van der Waals surface area contributed by atoms with Crippen molar-refractivity contribution in [1.29, 1.82) is 0 Å². The van der Waals surface area contributed by atoms with Gasteiger partial charge in [0.25, 0.3) is 0 Å². The van der Waals surface area contributed by atoms with Crippen LogP contribution in [0.3, 0.4) is 0 Å². The normalized spacial score (nSPS) is 13.1. The van der Waals surface area contributed by atoms with Gasteiger partial charge in [0.1, 0.15) is 0 Å². The minimum atomic E-state index is 0.533. The Morgan fingerprint density at radius 3 is 2.69 bits per heavy atom. The molecule has 0 saturated heterocycles. The third-order valence-electron chi connectivity index (χ3n) is 2.63. The van der Waals surface area contributed by atoms with Crippen LogP contribution < -0.4 is 5.32 Å². The van der Waals surface area contributed by atoms with Crippen LogP contribution in [-0.4, -0.2) is 31.6 Å². The monoisotopic (exact) mass is 304 g/mol. The fourth-order valence-electron chi connectivity index (χ4n) is 1.26. The van der Waals surface area contributed by atoms with Crippen LogP contribution in [-0.2, 0) is 6.54 Å². The summed E-state index contributed by atoms with van der Waals surface area (Å²) in [5, 5.41) is 4.18. The van der Waals surface area contributed by atoms with Gasteiger partial charge < -0.3 is 10.2 Å². The third kappa shape index (κ3) is 4.42. The van der Waals surface area contributed by atoms with Crippen LogP contribution in [0.5, 0.6) is 0 Å². The standard InChI is InChI=1S/C12H18BrClN2/c1-9(16(2)3)7-15-8-10-4-5-11(13)12(14)6-10/h4-6,9,15H,7-8H2,1-3H3. The Morgan fingerprint density at radius 1 is 1.44 bits per heavy atom. The van der Waals surface area contributed by atoms with Gasteiger partial charge in [0, 0.05) is 23.6 Å². The number of nitrogens with zero attached hydrogens (tertiary/aromatic N) is 1. The fraction of sp³-hybridized carbons (Fsp3) is 0.500. The van der Waals surface area contributed by atoms with Gasteiger partial charge in [-0.1, -0.05) is 17.7 Å². The summed E-state index contributed by atoms with van der Waals surface area (Å²) in [6.45, 7) is 4.02. The molecule has 0 amide bonds. The number of benzene rings is 1. The van der Waals surface area contributed by atoms with Crippen molar-refractivity contribution in [3.8, 4) is 0 Å².